The van der Waals surface area contributed by atoms with Crippen LogP contribution in [0.2, 0.25) is 0 Å². The van der Waals surface area contributed by atoms with Gasteiger partial charge in [0.25, 0.3) is 0 Å². The second kappa shape index (κ2) is 5.35. The van der Waals surface area contributed by atoms with E-state index >= 15 is 0 Å². The molecule has 0 N–H and O–H groups in total. The van der Waals surface area contributed by atoms with Gasteiger partial charge in [0.15, 0.2) is 11.6 Å². The van der Waals surface area contributed by atoms with Gasteiger partial charge in [-0.3, -0.25) is 0 Å². The summed E-state index contributed by atoms with van der Waals surface area (Å²) in [5, 5.41) is 0. The van der Waals surface area contributed by atoms with Gasteiger partial charge in [0.1, 0.15) is 0 Å². The number of hydrogen-bond acceptors (Lipinski definition) is 1. The van der Waals surface area contributed by atoms with Crippen molar-refractivity contribution in [3.05, 3.63) is 35.4 Å². The van der Waals surface area contributed by atoms with Gasteiger partial charge >= 0.3 is 0 Å². The van der Waals surface area contributed by atoms with Gasteiger partial charge in [-0.1, -0.05) is 26.0 Å². The van der Waals surface area contributed by atoms with E-state index in [0.29, 0.717) is 5.56 Å². The summed E-state index contributed by atoms with van der Waals surface area (Å²) in [7, 11) is 0. The normalized spacial score (nSPS) is 12.9. The number of benzene rings is 1. The number of halogens is 2. The maximum atomic E-state index is 13.3. The highest BCUT2D eigenvalue weighted by Crippen LogP contribution is 2.24. The largest absolute Gasteiger partial charge is 0.204 e. The lowest BCUT2D eigenvalue weighted by molar-refractivity contribution is 0.494. The van der Waals surface area contributed by atoms with E-state index in [1.807, 2.05) is 6.92 Å². The summed E-state index contributed by atoms with van der Waals surface area (Å²) in [5.41, 5.74) is 0.478. The van der Waals surface area contributed by atoms with Crippen molar-refractivity contribution in [2.45, 2.75) is 19.8 Å². The first-order valence-electron chi connectivity index (χ1n) is 4.68. The highest BCUT2D eigenvalue weighted by atomic mass is 32.2. The molecule has 0 radical (unpaired) electrons. The molecule has 1 atom stereocenters. The zero-order valence-electron chi connectivity index (χ0n) is 8.39. The molecule has 1 aromatic carbocycles. The Labute approximate surface area is 87.7 Å². The van der Waals surface area contributed by atoms with Gasteiger partial charge in [0, 0.05) is 0 Å². The molecule has 0 aliphatic carbocycles. The monoisotopic (exact) mass is 216 g/mol. The summed E-state index contributed by atoms with van der Waals surface area (Å²) < 4.78 is 26.2. The number of hydrogen-bond donors (Lipinski definition) is 0. The standard InChI is InChI=1S/C11H14F2S/c1-3-14-7-8(2)9-5-4-6-10(12)11(9)13/h4-6,8H,3,7H2,1-2H3. The van der Waals surface area contributed by atoms with Gasteiger partial charge in [-0.25, -0.2) is 8.78 Å². The van der Waals surface area contributed by atoms with Gasteiger partial charge in [-0.15, -0.1) is 0 Å². The maximum Gasteiger partial charge on any atom is 0.162 e. The lowest BCUT2D eigenvalue weighted by atomic mass is 10.0. The van der Waals surface area contributed by atoms with Crippen molar-refractivity contribution < 1.29 is 8.78 Å². The van der Waals surface area contributed by atoms with Crippen LogP contribution in [0.5, 0.6) is 0 Å². The molecule has 0 heterocycles. The minimum absolute atomic E-state index is 0.0654. The van der Waals surface area contributed by atoms with E-state index in [1.54, 1.807) is 23.9 Å². The molecule has 0 aliphatic rings. The van der Waals surface area contributed by atoms with Crippen molar-refractivity contribution in [3.63, 3.8) is 0 Å². The third-order valence-corrected chi connectivity index (χ3v) is 3.23. The Kier molecular flexibility index (Phi) is 4.39. The summed E-state index contributed by atoms with van der Waals surface area (Å²) >= 11 is 1.74. The van der Waals surface area contributed by atoms with Gasteiger partial charge in [0.2, 0.25) is 0 Å². The molecule has 0 saturated heterocycles. The predicted octanol–water partition coefficient (Wildman–Crippen LogP) is 3.82. The molecule has 1 unspecified atom stereocenters. The van der Waals surface area contributed by atoms with Crippen LogP contribution in [0.25, 0.3) is 0 Å². The highest BCUT2D eigenvalue weighted by molar-refractivity contribution is 7.99. The number of rotatable bonds is 4. The zero-order valence-corrected chi connectivity index (χ0v) is 9.20. The van der Waals surface area contributed by atoms with Crippen LogP contribution in [0.3, 0.4) is 0 Å². The molecule has 1 rings (SSSR count). The minimum Gasteiger partial charge on any atom is -0.204 e. The summed E-state index contributed by atoms with van der Waals surface area (Å²) in [5.74, 6) is 0.446. The van der Waals surface area contributed by atoms with E-state index in [9.17, 15) is 8.78 Å². The van der Waals surface area contributed by atoms with E-state index < -0.39 is 11.6 Å². The van der Waals surface area contributed by atoms with Crippen LogP contribution in [0.4, 0.5) is 8.78 Å². The average Bonchev–Trinajstić information content (AvgIpc) is 2.18. The highest BCUT2D eigenvalue weighted by Gasteiger charge is 2.13. The second-order valence-electron chi connectivity index (χ2n) is 3.20. The molecule has 0 amide bonds. The molecule has 0 aliphatic heterocycles. The Morgan fingerprint density at radius 1 is 1.36 bits per heavy atom. The molecule has 0 aromatic heterocycles. The Hall–Kier alpha value is -0.570. The molecule has 0 fully saturated rings. The Morgan fingerprint density at radius 3 is 2.71 bits per heavy atom. The van der Waals surface area contributed by atoms with Crippen LogP contribution in [0.1, 0.15) is 25.3 Å². The second-order valence-corrected chi connectivity index (χ2v) is 4.52. The molecular weight excluding hydrogens is 202 g/mol. The third kappa shape index (κ3) is 2.71. The van der Waals surface area contributed by atoms with E-state index in [2.05, 4.69) is 6.92 Å². The fourth-order valence-corrected chi connectivity index (χ4v) is 2.05. The maximum absolute atomic E-state index is 13.3. The van der Waals surface area contributed by atoms with E-state index in [0.717, 1.165) is 17.6 Å². The van der Waals surface area contributed by atoms with Crippen molar-refractivity contribution in [2.75, 3.05) is 11.5 Å². The van der Waals surface area contributed by atoms with Gasteiger partial charge in [-0.05, 0) is 29.1 Å². The first-order chi connectivity index (χ1) is 6.66. The lowest BCUT2D eigenvalue weighted by Crippen LogP contribution is -2.02. The molecule has 0 spiro atoms. The molecule has 14 heavy (non-hydrogen) atoms. The molecule has 0 saturated carbocycles. The summed E-state index contributed by atoms with van der Waals surface area (Å²) in [6.45, 7) is 3.97. The van der Waals surface area contributed by atoms with Crippen LogP contribution in [-0.2, 0) is 0 Å². The van der Waals surface area contributed by atoms with Crippen molar-refractivity contribution in [1.29, 1.82) is 0 Å². The van der Waals surface area contributed by atoms with Gasteiger partial charge in [-0.2, -0.15) is 11.8 Å². The number of thioether (sulfide) groups is 1. The first kappa shape index (κ1) is 11.5. The van der Waals surface area contributed by atoms with E-state index in [-0.39, 0.29) is 5.92 Å². The van der Waals surface area contributed by atoms with Crippen LogP contribution in [0.15, 0.2) is 18.2 Å². The minimum atomic E-state index is -0.754. The third-order valence-electron chi connectivity index (χ3n) is 2.08. The molecule has 1 aromatic rings. The van der Waals surface area contributed by atoms with Crippen LogP contribution in [0, 0.1) is 11.6 Å². The van der Waals surface area contributed by atoms with E-state index in [4.69, 9.17) is 0 Å². The smallest absolute Gasteiger partial charge is 0.162 e. The first-order valence-corrected chi connectivity index (χ1v) is 5.84. The molecule has 0 bridgehead atoms. The van der Waals surface area contributed by atoms with Crippen LogP contribution >= 0.6 is 11.8 Å². The van der Waals surface area contributed by atoms with Crippen molar-refractivity contribution in [3.8, 4) is 0 Å². The van der Waals surface area contributed by atoms with Crippen LogP contribution in [-0.4, -0.2) is 11.5 Å². The van der Waals surface area contributed by atoms with Gasteiger partial charge < -0.3 is 0 Å². The Bertz CT molecular complexity index is 299. The molecule has 0 nitrogen and oxygen atoms in total. The Balaban J connectivity index is 2.79. The average molecular weight is 216 g/mol. The molecular formula is C11H14F2S. The quantitative estimate of drug-likeness (QED) is 0.737. The Morgan fingerprint density at radius 2 is 2.07 bits per heavy atom. The van der Waals surface area contributed by atoms with Crippen molar-refractivity contribution in [1.82, 2.24) is 0 Å². The fraction of sp³-hybridized carbons (Fsp3) is 0.455. The summed E-state index contributed by atoms with van der Waals surface area (Å²) in [6.07, 6.45) is 0. The summed E-state index contributed by atoms with van der Waals surface area (Å²) in [4.78, 5) is 0. The lowest BCUT2D eigenvalue weighted by Gasteiger charge is -2.11. The van der Waals surface area contributed by atoms with Crippen molar-refractivity contribution >= 4 is 11.8 Å². The van der Waals surface area contributed by atoms with E-state index in [1.165, 1.54) is 0 Å². The molecule has 78 valence electrons. The van der Waals surface area contributed by atoms with Gasteiger partial charge in [0.05, 0.1) is 0 Å². The zero-order chi connectivity index (χ0) is 10.6. The predicted molar refractivity (Wildman–Crippen MR) is 57.8 cm³/mol. The topological polar surface area (TPSA) is 0 Å². The SMILES string of the molecule is CCSCC(C)c1cccc(F)c1F. The summed E-state index contributed by atoms with van der Waals surface area (Å²) in [6, 6.07) is 4.36. The van der Waals surface area contributed by atoms with Crippen molar-refractivity contribution in [2.24, 2.45) is 0 Å². The molecule has 3 heteroatoms. The fourth-order valence-electron chi connectivity index (χ4n) is 1.29. The van der Waals surface area contributed by atoms with Crippen LogP contribution < -0.4 is 0 Å².